The fraction of sp³-hybridized carbons (Fsp3) is 0.211. The fourth-order valence-corrected chi connectivity index (χ4v) is 3.04. The largest absolute Gasteiger partial charge is 0.493 e. The van der Waals surface area contributed by atoms with E-state index in [1.807, 2.05) is 59.2 Å². The Labute approximate surface area is 151 Å². The van der Waals surface area contributed by atoms with E-state index in [1.54, 1.807) is 6.33 Å². The minimum absolute atomic E-state index is 0.0630. The van der Waals surface area contributed by atoms with E-state index in [2.05, 4.69) is 20.8 Å². The van der Waals surface area contributed by atoms with E-state index >= 15 is 0 Å². The maximum absolute atomic E-state index is 12.3. The second-order valence-electron chi connectivity index (χ2n) is 6.01. The van der Waals surface area contributed by atoms with Crippen molar-refractivity contribution in [3.8, 4) is 11.4 Å². The summed E-state index contributed by atoms with van der Waals surface area (Å²) < 4.78 is 7.48. The molecule has 2 heterocycles. The van der Waals surface area contributed by atoms with E-state index < -0.39 is 0 Å². The van der Waals surface area contributed by atoms with E-state index in [9.17, 15) is 4.79 Å². The van der Waals surface area contributed by atoms with E-state index in [0.717, 1.165) is 23.4 Å². The minimum atomic E-state index is -0.241. The summed E-state index contributed by atoms with van der Waals surface area (Å²) >= 11 is 0. The fourth-order valence-electron chi connectivity index (χ4n) is 3.04. The lowest BCUT2D eigenvalue weighted by molar-refractivity contribution is 0.223. The summed E-state index contributed by atoms with van der Waals surface area (Å²) in [5, 5.41) is 13.9. The monoisotopic (exact) mass is 349 g/mol. The van der Waals surface area contributed by atoms with Crippen LogP contribution in [0, 0.1) is 0 Å². The SMILES string of the molecule is O=C(NCc1nncn1-c1ccccc1)N[C@H]1CCOc2ccccc21. The summed E-state index contributed by atoms with van der Waals surface area (Å²) in [5.74, 6) is 1.49. The van der Waals surface area contributed by atoms with Gasteiger partial charge >= 0.3 is 6.03 Å². The van der Waals surface area contributed by atoms with Gasteiger partial charge in [-0.1, -0.05) is 36.4 Å². The molecule has 0 spiro atoms. The number of hydrogen-bond donors (Lipinski definition) is 2. The van der Waals surface area contributed by atoms with Crippen molar-refractivity contribution in [2.75, 3.05) is 6.61 Å². The van der Waals surface area contributed by atoms with Gasteiger partial charge in [-0.05, 0) is 18.2 Å². The first-order valence-electron chi connectivity index (χ1n) is 8.51. The number of para-hydroxylation sites is 2. The molecule has 0 saturated heterocycles. The number of aromatic nitrogens is 3. The molecule has 1 aliphatic rings. The van der Waals surface area contributed by atoms with Crippen molar-refractivity contribution in [1.29, 1.82) is 0 Å². The Morgan fingerprint density at radius 3 is 2.85 bits per heavy atom. The third kappa shape index (κ3) is 3.37. The number of rotatable bonds is 4. The van der Waals surface area contributed by atoms with Gasteiger partial charge in [-0.25, -0.2) is 4.79 Å². The molecule has 2 N–H and O–H groups in total. The predicted octanol–water partition coefficient (Wildman–Crippen LogP) is 2.59. The summed E-state index contributed by atoms with van der Waals surface area (Å²) in [6.07, 6.45) is 2.38. The molecule has 0 unspecified atom stereocenters. The summed E-state index contributed by atoms with van der Waals surface area (Å²) in [4.78, 5) is 12.3. The maximum Gasteiger partial charge on any atom is 0.315 e. The van der Waals surface area contributed by atoms with Crippen LogP contribution >= 0.6 is 0 Å². The van der Waals surface area contributed by atoms with Crippen LogP contribution in [-0.4, -0.2) is 27.4 Å². The molecule has 1 aliphatic heterocycles. The van der Waals surface area contributed by atoms with Crippen molar-refractivity contribution in [3.05, 3.63) is 72.3 Å². The van der Waals surface area contributed by atoms with Crippen molar-refractivity contribution in [2.24, 2.45) is 0 Å². The Hall–Kier alpha value is -3.35. The van der Waals surface area contributed by atoms with Crippen LogP contribution in [0.3, 0.4) is 0 Å². The van der Waals surface area contributed by atoms with Gasteiger partial charge in [0.05, 0.1) is 19.2 Å². The zero-order valence-electron chi connectivity index (χ0n) is 14.1. The highest BCUT2D eigenvalue weighted by Crippen LogP contribution is 2.31. The Morgan fingerprint density at radius 2 is 1.96 bits per heavy atom. The lowest BCUT2D eigenvalue weighted by atomic mass is 10.0. The molecule has 2 amide bonds. The molecule has 0 radical (unpaired) electrons. The topological polar surface area (TPSA) is 81.1 Å². The number of nitrogens with zero attached hydrogens (tertiary/aromatic N) is 3. The highest BCUT2D eigenvalue weighted by molar-refractivity contribution is 5.74. The average Bonchev–Trinajstić information content (AvgIpc) is 3.16. The number of hydrogen-bond acceptors (Lipinski definition) is 4. The predicted molar refractivity (Wildman–Crippen MR) is 96.0 cm³/mol. The first-order chi connectivity index (χ1) is 12.8. The van der Waals surface area contributed by atoms with Gasteiger partial charge in [-0.2, -0.15) is 0 Å². The highest BCUT2D eigenvalue weighted by Gasteiger charge is 2.22. The molecule has 132 valence electrons. The van der Waals surface area contributed by atoms with Gasteiger partial charge in [-0.3, -0.25) is 4.57 Å². The van der Waals surface area contributed by atoms with Gasteiger partial charge in [0.2, 0.25) is 0 Å². The number of nitrogens with one attached hydrogen (secondary N) is 2. The van der Waals surface area contributed by atoms with Crippen molar-refractivity contribution in [3.63, 3.8) is 0 Å². The Balaban J connectivity index is 1.40. The molecule has 0 saturated carbocycles. The first-order valence-corrected chi connectivity index (χ1v) is 8.51. The van der Waals surface area contributed by atoms with E-state index in [4.69, 9.17) is 4.74 Å². The van der Waals surface area contributed by atoms with Crippen LogP contribution in [0.5, 0.6) is 5.75 Å². The lowest BCUT2D eigenvalue weighted by Crippen LogP contribution is -2.39. The number of amides is 2. The zero-order valence-corrected chi connectivity index (χ0v) is 14.1. The van der Waals surface area contributed by atoms with E-state index in [1.165, 1.54) is 0 Å². The Kier molecular flexibility index (Phi) is 4.51. The third-order valence-corrected chi connectivity index (χ3v) is 4.32. The van der Waals surface area contributed by atoms with Crippen LogP contribution < -0.4 is 15.4 Å². The normalized spacial score (nSPS) is 15.6. The molecule has 7 heteroatoms. The van der Waals surface area contributed by atoms with Gasteiger partial charge in [0.15, 0.2) is 5.82 Å². The van der Waals surface area contributed by atoms with Crippen LogP contribution in [0.15, 0.2) is 60.9 Å². The summed E-state index contributed by atoms with van der Waals surface area (Å²) in [5.41, 5.74) is 1.95. The number of urea groups is 1. The minimum Gasteiger partial charge on any atom is -0.493 e. The van der Waals surface area contributed by atoms with Crippen molar-refractivity contribution < 1.29 is 9.53 Å². The van der Waals surface area contributed by atoms with E-state index in [-0.39, 0.29) is 18.6 Å². The van der Waals surface area contributed by atoms with E-state index in [0.29, 0.717) is 12.4 Å². The molecule has 0 aliphatic carbocycles. The molecule has 4 rings (SSSR count). The van der Waals surface area contributed by atoms with Gasteiger partial charge in [-0.15, -0.1) is 10.2 Å². The molecule has 0 fully saturated rings. The quantitative estimate of drug-likeness (QED) is 0.759. The molecule has 3 aromatic rings. The van der Waals surface area contributed by atoms with Crippen molar-refractivity contribution in [2.45, 2.75) is 19.0 Å². The summed E-state index contributed by atoms with van der Waals surface area (Å²) in [6.45, 7) is 0.871. The first kappa shape index (κ1) is 16.1. The molecule has 2 aromatic carbocycles. The van der Waals surface area contributed by atoms with Gasteiger partial charge in [0.1, 0.15) is 12.1 Å². The second-order valence-corrected chi connectivity index (χ2v) is 6.01. The van der Waals surface area contributed by atoms with Gasteiger partial charge < -0.3 is 15.4 Å². The summed E-state index contributed by atoms with van der Waals surface area (Å²) in [6, 6.07) is 17.2. The van der Waals surface area contributed by atoms with Crippen LogP contribution in [0.1, 0.15) is 23.9 Å². The summed E-state index contributed by atoms with van der Waals surface area (Å²) in [7, 11) is 0. The molecule has 26 heavy (non-hydrogen) atoms. The van der Waals surface area contributed by atoms with Crippen LogP contribution in [0.2, 0.25) is 0 Å². The lowest BCUT2D eigenvalue weighted by Gasteiger charge is -2.26. The molecular weight excluding hydrogens is 330 g/mol. The van der Waals surface area contributed by atoms with Crippen molar-refractivity contribution >= 4 is 6.03 Å². The van der Waals surface area contributed by atoms with Gasteiger partial charge in [0, 0.05) is 17.7 Å². The van der Waals surface area contributed by atoms with Gasteiger partial charge in [0.25, 0.3) is 0 Å². The smallest absolute Gasteiger partial charge is 0.315 e. The second kappa shape index (κ2) is 7.26. The molecular formula is C19H19N5O2. The molecule has 1 aromatic heterocycles. The number of carbonyl (C=O) groups is 1. The average molecular weight is 349 g/mol. The molecule has 7 nitrogen and oxygen atoms in total. The highest BCUT2D eigenvalue weighted by atomic mass is 16.5. The number of carbonyl (C=O) groups excluding carboxylic acids is 1. The molecule has 1 atom stereocenters. The van der Waals surface area contributed by atoms with Crippen LogP contribution in [-0.2, 0) is 6.54 Å². The van der Waals surface area contributed by atoms with Crippen molar-refractivity contribution in [1.82, 2.24) is 25.4 Å². The number of fused-ring (bicyclic) bond motifs is 1. The van der Waals surface area contributed by atoms with Crippen LogP contribution in [0.4, 0.5) is 4.79 Å². The third-order valence-electron chi connectivity index (χ3n) is 4.32. The zero-order chi connectivity index (χ0) is 17.8. The number of benzene rings is 2. The molecule has 0 bridgehead atoms. The number of ether oxygens (including phenoxy) is 1. The maximum atomic E-state index is 12.3. The standard InChI is InChI=1S/C19H19N5O2/c25-19(22-16-10-11-26-17-9-5-4-8-15(16)17)20-12-18-23-21-13-24(18)14-6-2-1-3-7-14/h1-9,13,16H,10-12H2,(H2,20,22,25)/t16-/m0/s1. The Bertz CT molecular complexity index is 894. The van der Waals surface area contributed by atoms with Crippen LogP contribution in [0.25, 0.3) is 5.69 Å². The Morgan fingerprint density at radius 1 is 1.15 bits per heavy atom.